The summed E-state index contributed by atoms with van der Waals surface area (Å²) in [5, 5.41) is 3.01. The molecule has 0 bridgehead atoms. The fourth-order valence-electron chi connectivity index (χ4n) is 2.82. The van der Waals surface area contributed by atoms with Crippen LogP contribution in [0.25, 0.3) is 0 Å². The average Bonchev–Trinajstić information content (AvgIpc) is 2.79. The maximum Gasteiger partial charge on any atom is 0.273 e. The van der Waals surface area contributed by atoms with Gasteiger partial charge in [0, 0.05) is 16.7 Å². The third-order valence-electron chi connectivity index (χ3n) is 4.55. The van der Waals surface area contributed by atoms with Gasteiger partial charge in [-0.3, -0.25) is 25.2 Å². The van der Waals surface area contributed by atoms with Gasteiger partial charge in [0.25, 0.3) is 17.7 Å². The predicted molar refractivity (Wildman–Crippen MR) is 119 cm³/mol. The highest BCUT2D eigenvalue weighted by molar-refractivity contribution is 6.31. The molecule has 0 aliphatic rings. The van der Waals surface area contributed by atoms with E-state index in [1.165, 1.54) is 39.5 Å². The van der Waals surface area contributed by atoms with Crippen molar-refractivity contribution in [2.45, 2.75) is 19.9 Å². The topological polar surface area (TPSA) is 115 Å². The Morgan fingerprint density at radius 3 is 2.00 bits per heavy atom. The Bertz CT molecular complexity index is 973. The first-order valence-corrected chi connectivity index (χ1v) is 10.1. The van der Waals surface area contributed by atoms with Gasteiger partial charge in [-0.05, 0) is 36.2 Å². The summed E-state index contributed by atoms with van der Waals surface area (Å²) < 4.78 is 15.5. The number of carbonyl (C=O) groups excluding carboxylic acids is 3. The van der Waals surface area contributed by atoms with E-state index in [4.69, 9.17) is 25.8 Å². The fraction of sp³-hybridized carbons (Fsp3) is 0.318. The van der Waals surface area contributed by atoms with Crippen LogP contribution < -0.4 is 30.4 Å². The van der Waals surface area contributed by atoms with Crippen LogP contribution in [0.4, 0.5) is 0 Å². The smallest absolute Gasteiger partial charge is 0.273 e. The molecule has 3 amide bonds. The molecule has 0 saturated heterocycles. The quantitative estimate of drug-likeness (QED) is 0.518. The Kier molecular flexibility index (Phi) is 8.71. The van der Waals surface area contributed by atoms with Crippen LogP contribution >= 0.6 is 11.6 Å². The Morgan fingerprint density at radius 2 is 1.47 bits per heavy atom. The van der Waals surface area contributed by atoms with E-state index in [-0.39, 0.29) is 17.0 Å². The van der Waals surface area contributed by atoms with Gasteiger partial charge in [0.05, 0.1) is 26.9 Å². The maximum absolute atomic E-state index is 12.8. The van der Waals surface area contributed by atoms with Crippen molar-refractivity contribution in [2.75, 3.05) is 21.3 Å². The first kappa shape index (κ1) is 24.8. The SMILES string of the molecule is COc1cc(OC)cc(C(=O)N[C@@H](C(=O)NNC(=O)c2cc(Cl)ccc2OC)C(C)C)c1. The molecule has 0 heterocycles. The average molecular weight is 464 g/mol. The fourth-order valence-corrected chi connectivity index (χ4v) is 2.99. The van der Waals surface area contributed by atoms with Crippen molar-refractivity contribution in [1.29, 1.82) is 0 Å². The molecule has 0 aliphatic carbocycles. The van der Waals surface area contributed by atoms with Crippen LogP contribution in [0.1, 0.15) is 34.6 Å². The van der Waals surface area contributed by atoms with Crippen LogP contribution in [-0.2, 0) is 4.79 Å². The molecule has 0 radical (unpaired) electrons. The minimum Gasteiger partial charge on any atom is -0.497 e. The number of benzene rings is 2. The number of amides is 3. The Labute approximate surface area is 191 Å². The van der Waals surface area contributed by atoms with Crippen LogP contribution in [0.2, 0.25) is 5.02 Å². The Balaban J connectivity index is 2.11. The lowest BCUT2D eigenvalue weighted by Gasteiger charge is -2.22. The molecular formula is C22H26ClN3O6. The van der Waals surface area contributed by atoms with Crippen LogP contribution in [0.5, 0.6) is 17.2 Å². The first-order valence-electron chi connectivity index (χ1n) is 9.67. The summed E-state index contributed by atoms with van der Waals surface area (Å²) >= 11 is 5.94. The second-order valence-corrected chi connectivity index (χ2v) is 7.52. The van der Waals surface area contributed by atoms with Crippen molar-refractivity contribution in [3.8, 4) is 17.2 Å². The maximum atomic E-state index is 12.8. The molecule has 3 N–H and O–H groups in total. The normalized spacial score (nSPS) is 11.3. The number of hydrogen-bond donors (Lipinski definition) is 3. The van der Waals surface area contributed by atoms with E-state index in [2.05, 4.69) is 16.2 Å². The summed E-state index contributed by atoms with van der Waals surface area (Å²) in [4.78, 5) is 37.9. The second-order valence-electron chi connectivity index (χ2n) is 7.08. The monoisotopic (exact) mass is 463 g/mol. The molecule has 9 nitrogen and oxygen atoms in total. The van der Waals surface area contributed by atoms with Crippen molar-refractivity contribution in [2.24, 2.45) is 5.92 Å². The lowest BCUT2D eigenvalue weighted by Crippen LogP contribution is -2.54. The number of methoxy groups -OCH3 is 3. The molecule has 2 rings (SSSR count). The zero-order valence-corrected chi connectivity index (χ0v) is 19.2. The zero-order chi connectivity index (χ0) is 23.8. The zero-order valence-electron chi connectivity index (χ0n) is 18.4. The largest absolute Gasteiger partial charge is 0.497 e. The van der Waals surface area contributed by atoms with Gasteiger partial charge in [0.15, 0.2) is 0 Å². The van der Waals surface area contributed by atoms with E-state index in [1.807, 2.05) is 0 Å². The highest BCUT2D eigenvalue weighted by atomic mass is 35.5. The summed E-state index contributed by atoms with van der Waals surface area (Å²) in [6, 6.07) is 8.29. The number of hydrogen-bond acceptors (Lipinski definition) is 6. The number of rotatable bonds is 8. The molecule has 0 unspecified atom stereocenters. The summed E-state index contributed by atoms with van der Waals surface area (Å²) in [5.41, 5.74) is 5.05. The van der Waals surface area contributed by atoms with Gasteiger partial charge in [-0.15, -0.1) is 0 Å². The molecule has 1 atom stereocenters. The van der Waals surface area contributed by atoms with E-state index >= 15 is 0 Å². The first-order chi connectivity index (χ1) is 15.2. The summed E-state index contributed by atoms with van der Waals surface area (Å²) in [6.07, 6.45) is 0. The van der Waals surface area contributed by atoms with E-state index in [0.717, 1.165) is 0 Å². The minimum absolute atomic E-state index is 0.147. The van der Waals surface area contributed by atoms with Gasteiger partial charge >= 0.3 is 0 Å². The number of nitrogens with one attached hydrogen (secondary N) is 3. The summed E-state index contributed by atoms with van der Waals surface area (Å²) in [7, 11) is 4.35. The summed E-state index contributed by atoms with van der Waals surface area (Å²) in [5.74, 6) is -0.836. The van der Waals surface area contributed by atoms with E-state index in [9.17, 15) is 14.4 Å². The standard InChI is InChI=1S/C22H26ClN3O6/c1-12(2)19(24-20(27)13-8-15(30-3)11-16(9-13)31-4)22(29)26-25-21(28)17-10-14(23)6-7-18(17)32-5/h6-12,19H,1-5H3,(H,24,27)(H,25,28)(H,26,29)/t19-/m1/s1. The molecular weight excluding hydrogens is 438 g/mol. The van der Waals surface area contributed by atoms with Gasteiger partial charge < -0.3 is 19.5 Å². The second kappa shape index (κ2) is 11.2. The molecule has 2 aromatic carbocycles. The third-order valence-corrected chi connectivity index (χ3v) is 4.79. The highest BCUT2D eigenvalue weighted by Crippen LogP contribution is 2.23. The molecule has 2 aromatic rings. The lowest BCUT2D eigenvalue weighted by molar-refractivity contribution is -0.124. The van der Waals surface area contributed by atoms with E-state index in [0.29, 0.717) is 22.3 Å². The van der Waals surface area contributed by atoms with Gasteiger partial charge in [-0.25, -0.2) is 0 Å². The van der Waals surface area contributed by atoms with Gasteiger partial charge in [0.1, 0.15) is 23.3 Å². The molecule has 172 valence electrons. The molecule has 0 spiro atoms. The van der Waals surface area contributed by atoms with E-state index < -0.39 is 23.8 Å². The minimum atomic E-state index is -0.929. The van der Waals surface area contributed by atoms with Crippen LogP contribution in [-0.4, -0.2) is 45.1 Å². The van der Waals surface area contributed by atoms with Crippen molar-refractivity contribution in [1.82, 2.24) is 16.2 Å². The van der Waals surface area contributed by atoms with Gasteiger partial charge in [-0.1, -0.05) is 25.4 Å². The van der Waals surface area contributed by atoms with Crippen LogP contribution in [0.15, 0.2) is 36.4 Å². The van der Waals surface area contributed by atoms with Crippen LogP contribution in [0.3, 0.4) is 0 Å². The molecule has 32 heavy (non-hydrogen) atoms. The predicted octanol–water partition coefficient (Wildman–Crippen LogP) is 2.58. The number of ether oxygens (including phenoxy) is 3. The van der Waals surface area contributed by atoms with Gasteiger partial charge in [0.2, 0.25) is 0 Å². The number of carbonyl (C=O) groups is 3. The molecule has 0 fully saturated rings. The third kappa shape index (κ3) is 6.27. The van der Waals surface area contributed by atoms with Crippen molar-refractivity contribution in [3.05, 3.63) is 52.5 Å². The molecule has 0 aromatic heterocycles. The molecule has 0 aliphatic heterocycles. The van der Waals surface area contributed by atoms with Crippen LogP contribution in [0, 0.1) is 5.92 Å². The van der Waals surface area contributed by atoms with Crippen molar-refractivity contribution >= 4 is 29.3 Å². The van der Waals surface area contributed by atoms with Gasteiger partial charge in [-0.2, -0.15) is 0 Å². The lowest BCUT2D eigenvalue weighted by atomic mass is 10.0. The van der Waals surface area contributed by atoms with Crippen molar-refractivity contribution < 1.29 is 28.6 Å². The highest BCUT2D eigenvalue weighted by Gasteiger charge is 2.26. The number of halogens is 1. The Morgan fingerprint density at radius 1 is 0.844 bits per heavy atom. The molecule has 10 heteroatoms. The summed E-state index contributed by atoms with van der Waals surface area (Å²) in [6.45, 7) is 3.52. The van der Waals surface area contributed by atoms with E-state index in [1.54, 1.807) is 32.0 Å². The number of hydrazine groups is 1. The van der Waals surface area contributed by atoms with Crippen molar-refractivity contribution in [3.63, 3.8) is 0 Å². The molecule has 0 saturated carbocycles. The Hall–Kier alpha value is -3.46.